The van der Waals surface area contributed by atoms with E-state index in [0.29, 0.717) is 17.1 Å². The molecule has 0 aliphatic heterocycles. The number of benzene rings is 2. The zero-order valence-corrected chi connectivity index (χ0v) is 13.3. The minimum Gasteiger partial charge on any atom is -0.497 e. The van der Waals surface area contributed by atoms with Gasteiger partial charge in [-0.1, -0.05) is 12.1 Å². The molecule has 0 unspecified atom stereocenters. The Morgan fingerprint density at radius 1 is 1.33 bits per heavy atom. The second-order valence-corrected chi connectivity index (χ2v) is 5.47. The molecule has 7 nitrogen and oxygen atoms in total. The third kappa shape index (κ3) is 2.81. The molecule has 0 spiro atoms. The zero-order chi connectivity index (χ0) is 17.3. The maximum absolute atomic E-state index is 11.3. The Morgan fingerprint density at radius 2 is 2.08 bits per heavy atom. The van der Waals surface area contributed by atoms with E-state index < -0.39 is 11.0 Å². The first-order chi connectivity index (χ1) is 11.5. The number of rotatable bonds is 5. The van der Waals surface area contributed by atoms with Crippen molar-refractivity contribution >= 4 is 16.7 Å². The first kappa shape index (κ1) is 15.9. The molecule has 2 aromatic carbocycles. The Balaban J connectivity index is 2.16. The van der Waals surface area contributed by atoms with Gasteiger partial charge in [-0.3, -0.25) is 10.1 Å². The number of hydrogen-bond donors (Lipinski definition) is 1. The molecule has 0 saturated heterocycles. The maximum Gasteiger partial charge on any atom is 0.274 e. The molecule has 1 N–H and O–H groups in total. The number of aliphatic hydroxyl groups excluding tert-OH is 1. The van der Waals surface area contributed by atoms with Crippen molar-refractivity contribution in [3.63, 3.8) is 0 Å². The van der Waals surface area contributed by atoms with Crippen LogP contribution in [0.2, 0.25) is 0 Å². The van der Waals surface area contributed by atoms with Gasteiger partial charge in [-0.05, 0) is 31.2 Å². The summed E-state index contributed by atoms with van der Waals surface area (Å²) in [6.07, 6.45) is -0.790. The summed E-state index contributed by atoms with van der Waals surface area (Å²) in [6, 6.07) is 12.1. The van der Waals surface area contributed by atoms with E-state index in [-0.39, 0.29) is 12.2 Å². The fourth-order valence-electron chi connectivity index (χ4n) is 2.74. The first-order valence-corrected chi connectivity index (χ1v) is 7.45. The van der Waals surface area contributed by atoms with Crippen LogP contribution >= 0.6 is 0 Å². The van der Waals surface area contributed by atoms with Gasteiger partial charge in [-0.2, -0.15) is 0 Å². The summed E-state index contributed by atoms with van der Waals surface area (Å²) in [4.78, 5) is 15.3. The van der Waals surface area contributed by atoms with Gasteiger partial charge in [0.25, 0.3) is 5.69 Å². The third-order valence-corrected chi connectivity index (χ3v) is 3.87. The number of aromatic nitrogens is 2. The Morgan fingerprint density at radius 3 is 2.75 bits per heavy atom. The number of nitro benzene ring substituents is 1. The lowest BCUT2D eigenvalue weighted by Gasteiger charge is -2.12. The molecule has 1 heterocycles. The molecule has 7 heteroatoms. The Kier molecular flexibility index (Phi) is 4.18. The highest BCUT2D eigenvalue weighted by atomic mass is 16.6. The lowest BCUT2D eigenvalue weighted by molar-refractivity contribution is -0.385. The molecule has 3 aromatic rings. The van der Waals surface area contributed by atoms with Crippen LogP contribution in [0.1, 0.15) is 24.4 Å². The molecule has 1 aromatic heterocycles. The average Bonchev–Trinajstić information content (AvgIpc) is 2.93. The lowest BCUT2D eigenvalue weighted by atomic mass is 10.1. The number of imidazole rings is 1. The van der Waals surface area contributed by atoms with Crippen LogP contribution in [-0.2, 0) is 6.54 Å². The van der Waals surface area contributed by atoms with E-state index in [9.17, 15) is 15.2 Å². The first-order valence-electron chi connectivity index (χ1n) is 7.45. The monoisotopic (exact) mass is 327 g/mol. The number of hydrogen-bond acceptors (Lipinski definition) is 5. The van der Waals surface area contributed by atoms with Crippen LogP contribution in [0.3, 0.4) is 0 Å². The van der Waals surface area contributed by atoms with Crippen molar-refractivity contribution in [2.24, 2.45) is 0 Å². The Hall–Kier alpha value is -2.93. The molecule has 0 aliphatic rings. The summed E-state index contributed by atoms with van der Waals surface area (Å²) in [5, 5.41) is 21.3. The molecule has 1 atom stereocenters. The molecule has 124 valence electrons. The summed E-state index contributed by atoms with van der Waals surface area (Å²) < 4.78 is 6.97. The standard InChI is InChI=1S/C17H17N3O4/c1-11(21)17-18-14-5-3-4-6-16(14)19(17)10-12-9-13(24-2)7-8-15(12)20(22)23/h3-9,11,21H,10H2,1-2H3/t11-/m1/s1. The maximum atomic E-state index is 11.3. The van der Waals surface area contributed by atoms with E-state index in [1.165, 1.54) is 13.2 Å². The van der Waals surface area contributed by atoms with E-state index in [2.05, 4.69) is 4.98 Å². The fraction of sp³-hybridized carbons (Fsp3) is 0.235. The largest absolute Gasteiger partial charge is 0.497 e. The smallest absolute Gasteiger partial charge is 0.274 e. The van der Waals surface area contributed by atoms with Gasteiger partial charge in [0, 0.05) is 6.07 Å². The summed E-state index contributed by atoms with van der Waals surface area (Å²) in [6.45, 7) is 1.84. The van der Waals surface area contributed by atoms with Gasteiger partial charge in [0.05, 0.1) is 35.2 Å². The molecule has 0 radical (unpaired) electrons. The average molecular weight is 327 g/mol. The molecule has 0 bridgehead atoms. The number of nitrogens with zero attached hydrogens (tertiary/aromatic N) is 3. The van der Waals surface area contributed by atoms with Crippen molar-refractivity contribution in [2.75, 3.05) is 7.11 Å². The predicted molar refractivity (Wildman–Crippen MR) is 89.1 cm³/mol. The minimum absolute atomic E-state index is 0.00474. The van der Waals surface area contributed by atoms with E-state index in [1.807, 2.05) is 24.3 Å². The van der Waals surface area contributed by atoms with E-state index >= 15 is 0 Å². The number of ether oxygens (including phenoxy) is 1. The van der Waals surface area contributed by atoms with Gasteiger partial charge in [-0.25, -0.2) is 4.98 Å². The quantitative estimate of drug-likeness (QED) is 0.574. The number of fused-ring (bicyclic) bond motifs is 1. The summed E-state index contributed by atoms with van der Waals surface area (Å²) >= 11 is 0. The van der Waals surface area contributed by atoms with Gasteiger partial charge < -0.3 is 14.4 Å². The number of aliphatic hydroxyl groups is 1. The van der Waals surface area contributed by atoms with Crippen molar-refractivity contribution in [2.45, 2.75) is 19.6 Å². The van der Waals surface area contributed by atoms with Crippen LogP contribution in [-0.4, -0.2) is 26.7 Å². The van der Waals surface area contributed by atoms with Crippen molar-refractivity contribution in [3.05, 3.63) is 64.0 Å². The SMILES string of the molecule is COc1ccc([N+](=O)[O-])c(Cn2c([C@@H](C)O)nc3ccccc32)c1. The highest BCUT2D eigenvalue weighted by Crippen LogP contribution is 2.28. The van der Waals surface area contributed by atoms with Crippen molar-refractivity contribution in [1.82, 2.24) is 9.55 Å². The zero-order valence-electron chi connectivity index (χ0n) is 13.3. The molecular weight excluding hydrogens is 310 g/mol. The van der Waals surface area contributed by atoms with Crippen LogP contribution in [0.5, 0.6) is 5.75 Å². The van der Waals surface area contributed by atoms with Gasteiger partial charge in [-0.15, -0.1) is 0 Å². The van der Waals surface area contributed by atoms with E-state index in [4.69, 9.17) is 4.74 Å². The number of nitro groups is 1. The highest BCUT2D eigenvalue weighted by molar-refractivity contribution is 5.76. The molecule has 24 heavy (non-hydrogen) atoms. The van der Waals surface area contributed by atoms with Gasteiger partial charge in [0.1, 0.15) is 17.7 Å². The number of para-hydroxylation sites is 2. The van der Waals surface area contributed by atoms with Crippen LogP contribution in [0.25, 0.3) is 11.0 Å². The molecule has 0 fully saturated rings. The molecule has 0 aliphatic carbocycles. The fourth-order valence-corrected chi connectivity index (χ4v) is 2.74. The Bertz CT molecular complexity index is 902. The van der Waals surface area contributed by atoms with Crippen LogP contribution in [0.15, 0.2) is 42.5 Å². The van der Waals surface area contributed by atoms with Crippen molar-refractivity contribution in [1.29, 1.82) is 0 Å². The van der Waals surface area contributed by atoms with Crippen LogP contribution in [0, 0.1) is 10.1 Å². The molecule has 0 amide bonds. The van der Waals surface area contributed by atoms with Crippen molar-refractivity contribution < 1.29 is 14.8 Å². The van der Waals surface area contributed by atoms with Crippen LogP contribution < -0.4 is 4.74 Å². The summed E-state index contributed by atoms with van der Waals surface area (Å²) in [5.41, 5.74) is 2.04. The number of methoxy groups -OCH3 is 1. The lowest BCUT2D eigenvalue weighted by Crippen LogP contribution is -2.09. The summed E-state index contributed by atoms with van der Waals surface area (Å²) in [5.74, 6) is 1.01. The highest BCUT2D eigenvalue weighted by Gasteiger charge is 2.20. The minimum atomic E-state index is -0.790. The normalized spacial score (nSPS) is 12.3. The third-order valence-electron chi connectivity index (χ3n) is 3.87. The molecular formula is C17H17N3O4. The summed E-state index contributed by atoms with van der Waals surface area (Å²) in [7, 11) is 1.51. The topological polar surface area (TPSA) is 90.4 Å². The second kappa shape index (κ2) is 6.29. The predicted octanol–water partition coefficient (Wildman–Crippen LogP) is 3.05. The second-order valence-electron chi connectivity index (χ2n) is 5.47. The van der Waals surface area contributed by atoms with Gasteiger partial charge in [0.15, 0.2) is 0 Å². The van der Waals surface area contributed by atoms with Crippen molar-refractivity contribution in [3.8, 4) is 5.75 Å². The van der Waals surface area contributed by atoms with Gasteiger partial charge in [0.2, 0.25) is 0 Å². The Labute approximate surface area is 138 Å². The van der Waals surface area contributed by atoms with E-state index in [1.54, 1.807) is 23.6 Å². The van der Waals surface area contributed by atoms with Crippen LogP contribution in [0.4, 0.5) is 5.69 Å². The molecule has 3 rings (SSSR count). The van der Waals surface area contributed by atoms with Gasteiger partial charge >= 0.3 is 0 Å². The molecule has 0 saturated carbocycles. The van der Waals surface area contributed by atoms with E-state index in [0.717, 1.165) is 11.0 Å².